The monoisotopic (exact) mass is 450 g/mol. The molecule has 166 valence electrons. The second-order valence-corrected chi connectivity index (χ2v) is 8.48. The summed E-state index contributed by atoms with van der Waals surface area (Å²) in [4.78, 5) is 14.9. The Labute approximate surface area is 192 Å². The van der Waals surface area contributed by atoms with Crippen LogP contribution in [0.5, 0.6) is 17.2 Å². The van der Waals surface area contributed by atoms with Crippen LogP contribution < -0.4 is 19.5 Å². The molecule has 6 nitrogen and oxygen atoms in total. The average Bonchev–Trinajstić information content (AvgIpc) is 3.33. The fraction of sp³-hybridized carbons (Fsp3) is 0.240. The third-order valence-corrected chi connectivity index (χ3v) is 6.41. The molecular formula is C25H26N2O4S. The summed E-state index contributed by atoms with van der Waals surface area (Å²) in [7, 11) is 3.17. The molecule has 2 amide bonds. The largest absolute Gasteiger partial charge is 0.497 e. The van der Waals surface area contributed by atoms with Crippen LogP contribution in [0.3, 0.4) is 0 Å². The van der Waals surface area contributed by atoms with Gasteiger partial charge >= 0.3 is 6.03 Å². The lowest BCUT2D eigenvalue weighted by Crippen LogP contribution is -2.34. The SMILES string of the molecule is COc1cc(NC(=O)N2CCSC2c2cccc(OCc3ccccc3)c2)cc(OC)c1. The molecule has 1 aliphatic rings. The van der Waals surface area contributed by atoms with E-state index in [2.05, 4.69) is 5.32 Å². The maximum absolute atomic E-state index is 13.1. The van der Waals surface area contributed by atoms with Crippen molar-refractivity contribution in [3.05, 3.63) is 83.9 Å². The molecule has 0 aliphatic carbocycles. The Morgan fingerprint density at radius 3 is 2.44 bits per heavy atom. The van der Waals surface area contributed by atoms with Gasteiger partial charge in [0.05, 0.1) is 14.2 Å². The number of nitrogens with zero attached hydrogens (tertiary/aromatic N) is 1. The molecule has 0 saturated carbocycles. The van der Waals surface area contributed by atoms with Crippen LogP contribution in [0.1, 0.15) is 16.5 Å². The predicted octanol–water partition coefficient (Wildman–Crippen LogP) is 5.56. The maximum atomic E-state index is 13.1. The minimum atomic E-state index is -0.161. The summed E-state index contributed by atoms with van der Waals surface area (Å²) in [6.07, 6.45) is 0. The van der Waals surface area contributed by atoms with Gasteiger partial charge < -0.3 is 24.4 Å². The second-order valence-electron chi connectivity index (χ2n) is 7.29. The van der Waals surface area contributed by atoms with Crippen molar-refractivity contribution in [3.8, 4) is 17.2 Å². The van der Waals surface area contributed by atoms with Crippen LogP contribution in [-0.2, 0) is 6.61 Å². The number of nitrogens with one attached hydrogen (secondary N) is 1. The number of benzene rings is 3. The number of anilines is 1. The van der Waals surface area contributed by atoms with Crippen molar-refractivity contribution < 1.29 is 19.0 Å². The lowest BCUT2D eigenvalue weighted by atomic mass is 10.2. The molecular weight excluding hydrogens is 424 g/mol. The molecule has 1 unspecified atom stereocenters. The molecule has 0 radical (unpaired) electrons. The van der Waals surface area contributed by atoms with Gasteiger partial charge in [-0.25, -0.2) is 4.79 Å². The van der Waals surface area contributed by atoms with E-state index in [0.29, 0.717) is 30.3 Å². The normalized spacial score (nSPS) is 15.3. The number of ether oxygens (including phenoxy) is 3. The van der Waals surface area contributed by atoms with Crippen molar-refractivity contribution in [1.82, 2.24) is 4.90 Å². The van der Waals surface area contributed by atoms with E-state index in [1.165, 1.54) is 0 Å². The van der Waals surface area contributed by atoms with Gasteiger partial charge in [-0.2, -0.15) is 0 Å². The summed E-state index contributed by atoms with van der Waals surface area (Å²) in [5.41, 5.74) is 2.78. The van der Waals surface area contributed by atoms with Crippen LogP contribution in [0, 0.1) is 0 Å². The summed E-state index contributed by atoms with van der Waals surface area (Å²) in [6.45, 7) is 1.17. The van der Waals surface area contributed by atoms with Gasteiger partial charge in [0, 0.05) is 36.2 Å². The zero-order valence-corrected chi connectivity index (χ0v) is 18.9. The van der Waals surface area contributed by atoms with E-state index in [4.69, 9.17) is 14.2 Å². The summed E-state index contributed by atoms with van der Waals surface area (Å²) in [5.74, 6) is 2.90. The Balaban J connectivity index is 1.46. The number of carbonyl (C=O) groups excluding carboxylic acids is 1. The molecule has 32 heavy (non-hydrogen) atoms. The molecule has 7 heteroatoms. The molecule has 3 aromatic carbocycles. The molecule has 1 atom stereocenters. The van der Waals surface area contributed by atoms with Crippen molar-refractivity contribution in [2.24, 2.45) is 0 Å². The molecule has 3 aromatic rings. The maximum Gasteiger partial charge on any atom is 0.323 e. The van der Waals surface area contributed by atoms with E-state index >= 15 is 0 Å². The molecule has 0 aromatic heterocycles. The van der Waals surface area contributed by atoms with E-state index in [9.17, 15) is 4.79 Å². The molecule has 1 fully saturated rings. The van der Waals surface area contributed by atoms with Crippen LogP contribution in [0.25, 0.3) is 0 Å². The Morgan fingerprint density at radius 1 is 0.969 bits per heavy atom. The lowest BCUT2D eigenvalue weighted by Gasteiger charge is -2.25. The number of amides is 2. The molecule has 1 heterocycles. The zero-order valence-electron chi connectivity index (χ0n) is 18.1. The van der Waals surface area contributed by atoms with E-state index in [1.807, 2.05) is 59.5 Å². The smallest absolute Gasteiger partial charge is 0.323 e. The van der Waals surface area contributed by atoms with Gasteiger partial charge in [0.2, 0.25) is 0 Å². The molecule has 0 bridgehead atoms. The number of hydrogen-bond acceptors (Lipinski definition) is 5. The van der Waals surface area contributed by atoms with E-state index in [1.54, 1.807) is 44.2 Å². The highest BCUT2D eigenvalue weighted by atomic mass is 32.2. The van der Waals surface area contributed by atoms with Gasteiger partial charge in [0.25, 0.3) is 0 Å². The highest BCUT2D eigenvalue weighted by molar-refractivity contribution is 7.99. The molecule has 0 spiro atoms. The zero-order chi connectivity index (χ0) is 22.3. The molecule has 1 N–H and O–H groups in total. The van der Waals surface area contributed by atoms with Crippen molar-refractivity contribution in [3.63, 3.8) is 0 Å². The molecule has 1 aliphatic heterocycles. The Kier molecular flexibility index (Phi) is 7.07. The molecule has 1 saturated heterocycles. The summed E-state index contributed by atoms with van der Waals surface area (Å²) >= 11 is 1.74. The van der Waals surface area contributed by atoms with Gasteiger partial charge in [-0.05, 0) is 23.3 Å². The number of methoxy groups -OCH3 is 2. The number of rotatable bonds is 7. The Bertz CT molecular complexity index is 1040. The first-order valence-electron chi connectivity index (χ1n) is 10.4. The summed E-state index contributed by atoms with van der Waals surface area (Å²) < 4.78 is 16.6. The standard InChI is InChI=1S/C25H26N2O4S/c1-29-22-14-20(15-23(16-22)30-2)26-25(28)27-11-12-32-24(27)19-9-6-10-21(13-19)31-17-18-7-4-3-5-8-18/h3-10,13-16,24H,11-12,17H2,1-2H3,(H,26,28). The fourth-order valence-corrected chi connectivity index (χ4v) is 4.77. The highest BCUT2D eigenvalue weighted by Gasteiger charge is 2.31. The number of hydrogen-bond donors (Lipinski definition) is 1. The van der Waals surface area contributed by atoms with Crippen LogP contribution >= 0.6 is 11.8 Å². The van der Waals surface area contributed by atoms with Crippen molar-refractivity contribution in [2.45, 2.75) is 12.0 Å². The Morgan fingerprint density at radius 2 is 1.72 bits per heavy atom. The van der Waals surface area contributed by atoms with Crippen LogP contribution in [0.15, 0.2) is 72.8 Å². The first-order valence-corrected chi connectivity index (χ1v) is 11.4. The highest BCUT2D eigenvalue weighted by Crippen LogP contribution is 2.39. The molecule has 4 rings (SSSR count). The number of urea groups is 1. The Hall–Kier alpha value is -3.32. The quantitative estimate of drug-likeness (QED) is 0.511. The van der Waals surface area contributed by atoms with Gasteiger partial charge in [0.1, 0.15) is 29.2 Å². The average molecular weight is 451 g/mol. The first kappa shape index (κ1) is 21.9. The first-order chi connectivity index (χ1) is 15.7. The third kappa shape index (κ3) is 5.29. The minimum Gasteiger partial charge on any atom is -0.497 e. The predicted molar refractivity (Wildman–Crippen MR) is 128 cm³/mol. The topological polar surface area (TPSA) is 60.0 Å². The second kappa shape index (κ2) is 10.3. The van der Waals surface area contributed by atoms with Gasteiger partial charge in [-0.3, -0.25) is 0 Å². The summed E-state index contributed by atoms with van der Waals surface area (Å²) in [5, 5.41) is 2.90. The summed E-state index contributed by atoms with van der Waals surface area (Å²) in [6, 6.07) is 23.2. The van der Waals surface area contributed by atoms with Gasteiger partial charge in [-0.1, -0.05) is 42.5 Å². The van der Waals surface area contributed by atoms with Crippen molar-refractivity contribution in [2.75, 3.05) is 31.8 Å². The van der Waals surface area contributed by atoms with Crippen LogP contribution in [0.4, 0.5) is 10.5 Å². The van der Waals surface area contributed by atoms with E-state index < -0.39 is 0 Å². The van der Waals surface area contributed by atoms with Crippen molar-refractivity contribution >= 4 is 23.5 Å². The van der Waals surface area contributed by atoms with Gasteiger partial charge in [-0.15, -0.1) is 11.8 Å². The third-order valence-electron chi connectivity index (χ3n) is 5.15. The van der Waals surface area contributed by atoms with Gasteiger partial charge in [0.15, 0.2) is 0 Å². The van der Waals surface area contributed by atoms with E-state index in [0.717, 1.165) is 22.6 Å². The number of thioether (sulfide) groups is 1. The van der Waals surface area contributed by atoms with Crippen LogP contribution in [0.2, 0.25) is 0 Å². The van der Waals surface area contributed by atoms with E-state index in [-0.39, 0.29) is 11.4 Å². The lowest BCUT2D eigenvalue weighted by molar-refractivity contribution is 0.214. The van der Waals surface area contributed by atoms with Crippen LogP contribution in [-0.4, -0.2) is 37.4 Å². The van der Waals surface area contributed by atoms with Crippen molar-refractivity contribution in [1.29, 1.82) is 0 Å². The minimum absolute atomic E-state index is 0.0808. The number of carbonyl (C=O) groups is 1. The fourth-order valence-electron chi connectivity index (χ4n) is 3.53.